The Morgan fingerprint density at radius 1 is 1.16 bits per heavy atom. The first-order valence-corrected chi connectivity index (χ1v) is 7.52. The van der Waals surface area contributed by atoms with Crippen LogP contribution in [0.2, 0.25) is 0 Å². The molecule has 4 heteroatoms. The summed E-state index contributed by atoms with van der Waals surface area (Å²) in [7, 11) is 0. The molecule has 2 heterocycles. The van der Waals surface area contributed by atoms with E-state index in [4.69, 9.17) is 4.74 Å². The van der Waals surface area contributed by atoms with Crippen LogP contribution in [0.3, 0.4) is 0 Å². The van der Waals surface area contributed by atoms with E-state index in [-0.39, 0.29) is 18.2 Å². The summed E-state index contributed by atoms with van der Waals surface area (Å²) in [6, 6.07) is 0.360. The molecule has 19 heavy (non-hydrogen) atoms. The number of carbonyl (C=O) groups excluding carboxylic acids is 1. The van der Waals surface area contributed by atoms with Crippen LogP contribution in [0, 0.1) is 5.92 Å². The zero-order chi connectivity index (χ0) is 13.8. The van der Waals surface area contributed by atoms with Gasteiger partial charge in [-0.25, -0.2) is 4.79 Å². The lowest BCUT2D eigenvalue weighted by atomic mass is 9.82. The van der Waals surface area contributed by atoms with Gasteiger partial charge < -0.3 is 14.7 Å². The average molecular weight is 267 g/mol. The average Bonchev–Trinajstić information content (AvgIpc) is 3.03. The first kappa shape index (κ1) is 13.2. The number of piperidine rings is 1. The van der Waals surface area contributed by atoms with Gasteiger partial charge in [0.05, 0.1) is 5.60 Å². The van der Waals surface area contributed by atoms with E-state index in [0.717, 1.165) is 38.5 Å². The van der Waals surface area contributed by atoms with E-state index in [1.54, 1.807) is 0 Å². The fraction of sp³-hybridized carbons (Fsp3) is 0.933. The highest BCUT2D eigenvalue weighted by atomic mass is 16.6. The molecule has 3 aliphatic rings. The fourth-order valence-electron chi connectivity index (χ4n) is 3.83. The second-order valence-electron chi connectivity index (χ2n) is 7.56. The van der Waals surface area contributed by atoms with Crippen LogP contribution in [0.15, 0.2) is 0 Å². The molecule has 4 nitrogen and oxygen atoms in total. The van der Waals surface area contributed by atoms with Crippen molar-refractivity contribution >= 4 is 6.09 Å². The van der Waals surface area contributed by atoms with Crippen molar-refractivity contribution in [2.45, 2.75) is 82.6 Å². The predicted molar refractivity (Wildman–Crippen MR) is 71.8 cm³/mol. The molecule has 2 aliphatic heterocycles. The molecule has 2 saturated heterocycles. The lowest BCUT2D eigenvalue weighted by Gasteiger charge is -2.44. The lowest BCUT2D eigenvalue weighted by molar-refractivity contribution is -0.0706. The van der Waals surface area contributed by atoms with Crippen molar-refractivity contribution in [2.24, 2.45) is 5.92 Å². The molecule has 3 rings (SSSR count). The molecule has 1 saturated carbocycles. The van der Waals surface area contributed by atoms with Crippen molar-refractivity contribution in [3.8, 4) is 0 Å². The van der Waals surface area contributed by atoms with Gasteiger partial charge in [0.2, 0.25) is 0 Å². The molecule has 2 unspecified atom stereocenters. The third-order valence-corrected chi connectivity index (χ3v) is 4.74. The Labute approximate surface area is 115 Å². The minimum absolute atomic E-state index is 0.180. The number of rotatable bonds is 1. The Kier molecular flexibility index (Phi) is 2.86. The summed E-state index contributed by atoms with van der Waals surface area (Å²) in [5.41, 5.74) is -0.953. The molecule has 1 aliphatic carbocycles. The van der Waals surface area contributed by atoms with Crippen LogP contribution in [-0.4, -0.2) is 39.4 Å². The van der Waals surface area contributed by atoms with Crippen LogP contribution in [0.5, 0.6) is 0 Å². The summed E-state index contributed by atoms with van der Waals surface area (Å²) in [6.07, 6.45) is 5.63. The van der Waals surface area contributed by atoms with Crippen molar-refractivity contribution in [2.75, 3.05) is 0 Å². The normalized spacial score (nSPS) is 38.4. The van der Waals surface area contributed by atoms with Crippen LogP contribution in [0.4, 0.5) is 4.79 Å². The summed E-state index contributed by atoms with van der Waals surface area (Å²) in [5.74, 6) is 0.483. The highest BCUT2D eigenvalue weighted by molar-refractivity contribution is 5.69. The third-order valence-electron chi connectivity index (χ3n) is 4.74. The van der Waals surface area contributed by atoms with E-state index in [2.05, 4.69) is 0 Å². The number of hydrogen-bond acceptors (Lipinski definition) is 3. The van der Waals surface area contributed by atoms with Crippen LogP contribution < -0.4 is 0 Å². The Bertz CT molecular complexity index is 369. The molecule has 0 radical (unpaired) electrons. The smallest absolute Gasteiger partial charge is 0.410 e. The molecule has 0 aromatic rings. The first-order chi connectivity index (χ1) is 8.78. The summed E-state index contributed by atoms with van der Waals surface area (Å²) >= 11 is 0. The van der Waals surface area contributed by atoms with Crippen molar-refractivity contribution in [3.63, 3.8) is 0 Å². The molecule has 108 valence electrons. The molecule has 0 spiro atoms. The molecule has 1 N–H and O–H groups in total. The van der Waals surface area contributed by atoms with Crippen LogP contribution in [0.25, 0.3) is 0 Å². The van der Waals surface area contributed by atoms with Gasteiger partial charge in [-0.3, -0.25) is 0 Å². The number of aliphatic hydroxyl groups is 1. The summed E-state index contributed by atoms with van der Waals surface area (Å²) in [5, 5.41) is 10.7. The van der Waals surface area contributed by atoms with Gasteiger partial charge in [-0.05, 0) is 65.2 Å². The summed E-state index contributed by atoms with van der Waals surface area (Å²) < 4.78 is 5.51. The van der Waals surface area contributed by atoms with Gasteiger partial charge in [0.15, 0.2) is 0 Å². The van der Waals surface area contributed by atoms with E-state index in [9.17, 15) is 9.90 Å². The summed E-state index contributed by atoms with van der Waals surface area (Å²) in [4.78, 5) is 14.2. The number of ether oxygens (including phenoxy) is 1. The van der Waals surface area contributed by atoms with Gasteiger partial charge >= 0.3 is 6.09 Å². The molecular weight excluding hydrogens is 242 g/mol. The second kappa shape index (κ2) is 4.11. The Morgan fingerprint density at radius 2 is 1.68 bits per heavy atom. The van der Waals surface area contributed by atoms with Gasteiger partial charge in [0.25, 0.3) is 0 Å². The molecule has 2 bridgehead atoms. The van der Waals surface area contributed by atoms with E-state index in [1.807, 2.05) is 25.7 Å². The Hall–Kier alpha value is -0.770. The van der Waals surface area contributed by atoms with E-state index < -0.39 is 11.2 Å². The number of amides is 1. The number of hydrogen-bond donors (Lipinski definition) is 1. The standard InChI is InChI=1S/C15H25NO3/c1-14(2,3)19-13(17)16-11-6-7-12(16)9-15(18,8-11)10-4-5-10/h10-12,18H,4-9H2,1-3H3. The van der Waals surface area contributed by atoms with Crippen LogP contribution >= 0.6 is 0 Å². The second-order valence-corrected chi connectivity index (χ2v) is 7.56. The highest BCUT2D eigenvalue weighted by Gasteiger charge is 2.55. The fourth-order valence-corrected chi connectivity index (χ4v) is 3.83. The van der Waals surface area contributed by atoms with Crippen molar-refractivity contribution in [3.05, 3.63) is 0 Å². The maximum Gasteiger partial charge on any atom is 0.410 e. The zero-order valence-electron chi connectivity index (χ0n) is 12.2. The van der Waals surface area contributed by atoms with Crippen LogP contribution in [0.1, 0.15) is 59.3 Å². The monoisotopic (exact) mass is 267 g/mol. The van der Waals surface area contributed by atoms with Crippen LogP contribution in [-0.2, 0) is 4.74 Å². The molecular formula is C15H25NO3. The molecule has 1 amide bonds. The Balaban J connectivity index is 1.71. The molecule has 0 aromatic carbocycles. The largest absolute Gasteiger partial charge is 0.444 e. The minimum atomic E-state index is -0.510. The number of nitrogens with zero attached hydrogens (tertiary/aromatic N) is 1. The quantitative estimate of drug-likeness (QED) is 0.794. The number of carbonyl (C=O) groups is 1. The van der Waals surface area contributed by atoms with Gasteiger partial charge in [-0.1, -0.05) is 0 Å². The Morgan fingerprint density at radius 3 is 2.11 bits per heavy atom. The molecule has 3 fully saturated rings. The zero-order valence-corrected chi connectivity index (χ0v) is 12.2. The topological polar surface area (TPSA) is 49.8 Å². The SMILES string of the molecule is CC(C)(C)OC(=O)N1C2CCC1CC(O)(C1CC1)C2. The number of fused-ring (bicyclic) bond motifs is 2. The minimum Gasteiger partial charge on any atom is -0.444 e. The maximum atomic E-state index is 12.3. The van der Waals surface area contributed by atoms with Crippen molar-refractivity contribution in [1.29, 1.82) is 0 Å². The van der Waals surface area contributed by atoms with Gasteiger partial charge in [0, 0.05) is 12.1 Å². The van der Waals surface area contributed by atoms with Gasteiger partial charge in [-0.2, -0.15) is 0 Å². The third kappa shape index (κ3) is 2.47. The first-order valence-electron chi connectivity index (χ1n) is 7.52. The maximum absolute atomic E-state index is 12.3. The van der Waals surface area contributed by atoms with Gasteiger partial charge in [0.1, 0.15) is 5.60 Å². The van der Waals surface area contributed by atoms with E-state index in [0.29, 0.717) is 5.92 Å². The molecule has 2 atom stereocenters. The lowest BCUT2D eigenvalue weighted by Crippen LogP contribution is -2.55. The van der Waals surface area contributed by atoms with Gasteiger partial charge in [-0.15, -0.1) is 0 Å². The summed E-state index contributed by atoms with van der Waals surface area (Å²) in [6.45, 7) is 5.70. The van der Waals surface area contributed by atoms with Crippen molar-refractivity contribution < 1.29 is 14.6 Å². The molecule has 0 aromatic heterocycles. The predicted octanol–water partition coefficient (Wildman–Crippen LogP) is 2.69. The van der Waals surface area contributed by atoms with Crippen molar-refractivity contribution in [1.82, 2.24) is 4.90 Å². The van der Waals surface area contributed by atoms with E-state index >= 15 is 0 Å². The van der Waals surface area contributed by atoms with E-state index in [1.165, 1.54) is 0 Å². The highest BCUT2D eigenvalue weighted by Crippen LogP contribution is 2.51.